The number of nitrogens with zero attached hydrogens (tertiary/aromatic N) is 2. The number of aryl methyl sites for hydroxylation is 2. The van der Waals surface area contributed by atoms with Gasteiger partial charge < -0.3 is 4.74 Å². The molecule has 1 fully saturated rings. The number of hydrogen-bond acceptors (Lipinski definition) is 6. The van der Waals surface area contributed by atoms with Crippen molar-refractivity contribution in [2.75, 3.05) is 12.4 Å². The molecule has 0 bridgehead atoms. The van der Waals surface area contributed by atoms with Crippen molar-refractivity contribution in [1.82, 2.24) is 9.55 Å². The first-order valence-electron chi connectivity index (χ1n) is 10.5. The molecule has 5 nitrogen and oxygen atoms in total. The molecular weight excluding hydrogens is 392 g/mol. The van der Waals surface area contributed by atoms with Crippen LogP contribution in [-0.4, -0.2) is 27.9 Å². The van der Waals surface area contributed by atoms with Crippen LogP contribution in [0.1, 0.15) is 62.3 Å². The molecule has 0 aromatic carbocycles. The van der Waals surface area contributed by atoms with Gasteiger partial charge in [-0.2, -0.15) is 0 Å². The van der Waals surface area contributed by atoms with Crippen molar-refractivity contribution in [2.45, 2.75) is 76.4 Å². The fraction of sp³-hybridized carbons (Fsp3) is 0.667. The Hall–Kier alpha value is -1.34. The molecule has 4 rings (SSSR count). The molecule has 0 spiro atoms. The Balaban J connectivity index is 1.72. The van der Waals surface area contributed by atoms with E-state index in [0.717, 1.165) is 36.0 Å². The molecule has 0 aliphatic heterocycles. The fourth-order valence-electron chi connectivity index (χ4n) is 4.45. The van der Waals surface area contributed by atoms with Crippen LogP contribution in [0, 0.1) is 5.92 Å². The fourth-order valence-corrected chi connectivity index (χ4v) is 6.55. The zero-order valence-corrected chi connectivity index (χ0v) is 18.1. The zero-order chi connectivity index (χ0) is 19.5. The molecule has 0 unspecified atom stereocenters. The summed E-state index contributed by atoms with van der Waals surface area (Å²) in [6.07, 6.45) is 10.5. The number of carbonyl (C=O) groups excluding carboxylic acids is 1. The summed E-state index contributed by atoms with van der Waals surface area (Å²) in [5.41, 5.74) is 1.34. The highest BCUT2D eigenvalue weighted by Gasteiger charge is 2.24. The first kappa shape index (κ1) is 20.0. The second-order valence-corrected chi connectivity index (χ2v) is 9.83. The van der Waals surface area contributed by atoms with E-state index in [1.54, 1.807) is 11.3 Å². The molecule has 28 heavy (non-hydrogen) atoms. The van der Waals surface area contributed by atoms with E-state index in [4.69, 9.17) is 9.72 Å². The Morgan fingerprint density at radius 2 is 2.00 bits per heavy atom. The van der Waals surface area contributed by atoms with Gasteiger partial charge >= 0.3 is 5.97 Å². The van der Waals surface area contributed by atoms with Crippen LogP contribution in [0.5, 0.6) is 0 Å². The van der Waals surface area contributed by atoms with Gasteiger partial charge in [0.1, 0.15) is 4.83 Å². The molecule has 2 aliphatic carbocycles. The lowest BCUT2D eigenvalue weighted by Gasteiger charge is -2.23. The van der Waals surface area contributed by atoms with Gasteiger partial charge in [0.2, 0.25) is 0 Å². The molecule has 2 heterocycles. The van der Waals surface area contributed by atoms with Gasteiger partial charge in [-0.1, -0.05) is 31.0 Å². The van der Waals surface area contributed by atoms with E-state index >= 15 is 0 Å². The minimum atomic E-state index is -0.253. The summed E-state index contributed by atoms with van der Waals surface area (Å²) in [5, 5.41) is 1.52. The van der Waals surface area contributed by atoms with Gasteiger partial charge in [0.25, 0.3) is 5.56 Å². The van der Waals surface area contributed by atoms with Crippen LogP contribution in [0.3, 0.4) is 0 Å². The first-order valence-corrected chi connectivity index (χ1v) is 12.3. The topological polar surface area (TPSA) is 61.2 Å². The maximum atomic E-state index is 13.5. The third-order valence-electron chi connectivity index (χ3n) is 5.83. The van der Waals surface area contributed by atoms with Crippen LogP contribution in [-0.2, 0) is 28.9 Å². The van der Waals surface area contributed by atoms with E-state index in [2.05, 4.69) is 0 Å². The summed E-state index contributed by atoms with van der Waals surface area (Å²) in [5.74, 6) is 0.472. The summed E-state index contributed by atoms with van der Waals surface area (Å²) >= 11 is 3.02. The molecule has 2 aliphatic rings. The molecule has 0 amide bonds. The van der Waals surface area contributed by atoms with Crippen LogP contribution in [0.2, 0.25) is 0 Å². The Morgan fingerprint density at radius 1 is 1.21 bits per heavy atom. The molecule has 0 atom stereocenters. The lowest BCUT2D eigenvalue weighted by atomic mass is 9.89. The van der Waals surface area contributed by atoms with E-state index in [9.17, 15) is 9.59 Å². The Labute approximate surface area is 173 Å². The van der Waals surface area contributed by atoms with Crippen molar-refractivity contribution < 1.29 is 9.53 Å². The number of fused-ring (bicyclic) bond motifs is 3. The van der Waals surface area contributed by atoms with Crippen LogP contribution in [0.15, 0.2) is 9.95 Å². The number of rotatable bonds is 6. The van der Waals surface area contributed by atoms with E-state index < -0.39 is 0 Å². The van der Waals surface area contributed by atoms with Gasteiger partial charge in [-0.15, -0.1) is 11.3 Å². The monoisotopic (exact) mass is 420 g/mol. The number of esters is 1. The summed E-state index contributed by atoms with van der Waals surface area (Å²) in [6.45, 7) is 2.90. The highest BCUT2D eigenvalue weighted by molar-refractivity contribution is 7.99. The smallest absolute Gasteiger partial charge is 0.316 e. The Morgan fingerprint density at radius 3 is 2.79 bits per heavy atom. The molecule has 2 aromatic heterocycles. The normalized spacial score (nSPS) is 17.6. The van der Waals surface area contributed by atoms with E-state index in [1.807, 2.05) is 11.5 Å². The minimum Gasteiger partial charge on any atom is -0.465 e. The van der Waals surface area contributed by atoms with Crippen molar-refractivity contribution in [3.63, 3.8) is 0 Å². The maximum absolute atomic E-state index is 13.5. The molecule has 0 radical (unpaired) electrons. The molecule has 0 saturated heterocycles. The Bertz CT molecular complexity index is 912. The van der Waals surface area contributed by atoms with Gasteiger partial charge in [-0.3, -0.25) is 14.2 Å². The lowest BCUT2D eigenvalue weighted by Crippen LogP contribution is -2.28. The molecule has 2 aromatic rings. The van der Waals surface area contributed by atoms with Crippen LogP contribution >= 0.6 is 23.1 Å². The summed E-state index contributed by atoms with van der Waals surface area (Å²) < 4.78 is 6.93. The van der Waals surface area contributed by atoms with Crippen molar-refractivity contribution in [1.29, 1.82) is 0 Å². The van der Waals surface area contributed by atoms with Crippen molar-refractivity contribution in [3.05, 3.63) is 20.8 Å². The van der Waals surface area contributed by atoms with Gasteiger partial charge in [0.05, 0.1) is 17.7 Å². The van der Waals surface area contributed by atoms with Crippen molar-refractivity contribution in [2.24, 2.45) is 5.92 Å². The largest absolute Gasteiger partial charge is 0.465 e. The third-order valence-corrected chi connectivity index (χ3v) is 7.97. The number of thioether (sulfide) groups is 1. The number of aromatic nitrogens is 2. The van der Waals surface area contributed by atoms with Crippen LogP contribution in [0.4, 0.5) is 0 Å². The summed E-state index contributed by atoms with van der Waals surface area (Å²) in [6, 6.07) is 0. The summed E-state index contributed by atoms with van der Waals surface area (Å²) in [4.78, 5) is 32.5. The SMILES string of the molecule is CCOC(=O)CSc1nc2sc3c(c2c(=O)n1CC1CCCCC1)CCCC3. The summed E-state index contributed by atoms with van der Waals surface area (Å²) in [7, 11) is 0. The molecule has 1 saturated carbocycles. The quantitative estimate of drug-likeness (QED) is 0.389. The third kappa shape index (κ3) is 4.15. The van der Waals surface area contributed by atoms with Crippen molar-refractivity contribution in [3.8, 4) is 0 Å². The average molecular weight is 421 g/mol. The predicted octanol–water partition coefficient (Wildman–Crippen LogP) is 4.57. The Kier molecular flexibility index (Phi) is 6.41. The maximum Gasteiger partial charge on any atom is 0.316 e. The van der Waals surface area contributed by atoms with Crippen LogP contribution < -0.4 is 5.56 Å². The number of carbonyl (C=O) groups is 1. The second-order valence-electron chi connectivity index (χ2n) is 7.80. The van der Waals surface area contributed by atoms with Crippen LogP contribution in [0.25, 0.3) is 10.2 Å². The van der Waals surface area contributed by atoms with Crippen molar-refractivity contribution >= 4 is 39.3 Å². The molecule has 7 heteroatoms. The van der Waals surface area contributed by atoms with Gasteiger partial charge in [0.15, 0.2) is 5.16 Å². The molecule has 0 N–H and O–H groups in total. The van der Waals surface area contributed by atoms with E-state index in [1.165, 1.54) is 60.7 Å². The standard InChI is InChI=1S/C21H28N2O3S2/c1-2-26-17(24)13-27-21-22-19-18(15-10-6-7-11-16(15)28-19)20(25)23(21)12-14-8-4-3-5-9-14/h14H,2-13H2,1H3. The first-order chi connectivity index (χ1) is 13.7. The highest BCUT2D eigenvalue weighted by atomic mass is 32.2. The number of hydrogen-bond donors (Lipinski definition) is 0. The average Bonchev–Trinajstić information content (AvgIpc) is 3.08. The van der Waals surface area contributed by atoms with Gasteiger partial charge in [-0.25, -0.2) is 4.98 Å². The predicted molar refractivity (Wildman–Crippen MR) is 114 cm³/mol. The molecular formula is C21H28N2O3S2. The van der Waals surface area contributed by atoms with E-state index in [-0.39, 0.29) is 17.3 Å². The highest BCUT2D eigenvalue weighted by Crippen LogP contribution is 2.35. The number of thiophene rings is 1. The number of ether oxygens (including phenoxy) is 1. The van der Waals surface area contributed by atoms with E-state index in [0.29, 0.717) is 17.7 Å². The second kappa shape index (κ2) is 8.99. The van der Waals surface area contributed by atoms with Gasteiger partial charge in [0, 0.05) is 11.4 Å². The molecule has 152 valence electrons. The zero-order valence-electron chi connectivity index (χ0n) is 16.5. The minimum absolute atomic E-state index is 0.0985. The van der Waals surface area contributed by atoms with Gasteiger partial charge in [-0.05, 0) is 56.9 Å². The lowest BCUT2D eigenvalue weighted by molar-refractivity contribution is -0.139.